The van der Waals surface area contributed by atoms with Crippen LogP contribution in [-0.2, 0) is 6.54 Å². The molecule has 0 saturated carbocycles. The van der Waals surface area contributed by atoms with E-state index >= 15 is 0 Å². The highest BCUT2D eigenvalue weighted by atomic mass is 16.5. The molecule has 0 saturated heterocycles. The van der Waals surface area contributed by atoms with E-state index < -0.39 is 0 Å². The Hall–Kier alpha value is -1.80. The maximum Gasteiger partial charge on any atom is 0.118 e. The topological polar surface area (TPSA) is 21.3 Å². The Balaban J connectivity index is 2.02. The summed E-state index contributed by atoms with van der Waals surface area (Å²) >= 11 is 0. The lowest BCUT2D eigenvalue weighted by Crippen LogP contribution is -2.19. The highest BCUT2D eigenvalue weighted by Crippen LogP contribution is 2.19. The number of rotatable bonds is 5. The van der Waals surface area contributed by atoms with E-state index in [9.17, 15) is 0 Å². The number of nitrogens with one attached hydrogen (secondary N) is 1. The molecule has 1 unspecified atom stereocenters. The quantitative estimate of drug-likeness (QED) is 0.880. The second-order valence-electron chi connectivity index (χ2n) is 5.25. The Kier molecular flexibility index (Phi) is 4.80. The zero-order chi connectivity index (χ0) is 14.5. The lowest BCUT2D eigenvalue weighted by atomic mass is 10.0. The summed E-state index contributed by atoms with van der Waals surface area (Å²) in [5.74, 6) is 0.899. The van der Waals surface area contributed by atoms with Gasteiger partial charge in [0.1, 0.15) is 5.75 Å². The monoisotopic (exact) mass is 269 g/mol. The second kappa shape index (κ2) is 6.58. The molecule has 0 bridgehead atoms. The highest BCUT2D eigenvalue weighted by Gasteiger charge is 2.07. The second-order valence-corrected chi connectivity index (χ2v) is 5.25. The van der Waals surface area contributed by atoms with Crippen molar-refractivity contribution < 1.29 is 4.74 Å². The van der Waals surface area contributed by atoms with Crippen LogP contribution in [0.1, 0.15) is 35.2 Å². The summed E-state index contributed by atoms with van der Waals surface area (Å²) in [4.78, 5) is 0. The molecule has 0 aromatic heterocycles. The fraction of sp³-hybridized carbons (Fsp3) is 0.333. The molecular weight excluding hydrogens is 246 g/mol. The van der Waals surface area contributed by atoms with E-state index in [1.165, 1.54) is 22.3 Å². The summed E-state index contributed by atoms with van der Waals surface area (Å²) in [6.45, 7) is 7.42. The molecule has 1 N–H and O–H groups in total. The van der Waals surface area contributed by atoms with E-state index in [-0.39, 0.29) is 0 Å². The minimum absolute atomic E-state index is 0.319. The van der Waals surface area contributed by atoms with Gasteiger partial charge in [-0.15, -0.1) is 0 Å². The first-order valence-electron chi connectivity index (χ1n) is 7.04. The first-order valence-corrected chi connectivity index (χ1v) is 7.04. The van der Waals surface area contributed by atoms with Crippen LogP contribution >= 0.6 is 0 Å². The van der Waals surface area contributed by atoms with E-state index in [2.05, 4.69) is 56.4 Å². The van der Waals surface area contributed by atoms with Crippen molar-refractivity contribution in [3.8, 4) is 5.75 Å². The van der Waals surface area contributed by atoms with Gasteiger partial charge in [0.05, 0.1) is 7.11 Å². The van der Waals surface area contributed by atoms with Crippen LogP contribution in [0.15, 0.2) is 42.5 Å². The van der Waals surface area contributed by atoms with Gasteiger partial charge in [-0.1, -0.05) is 30.3 Å². The van der Waals surface area contributed by atoms with Gasteiger partial charge in [0.2, 0.25) is 0 Å². The fourth-order valence-corrected chi connectivity index (χ4v) is 2.39. The van der Waals surface area contributed by atoms with Gasteiger partial charge in [0, 0.05) is 12.6 Å². The van der Waals surface area contributed by atoms with Crippen molar-refractivity contribution in [2.75, 3.05) is 7.11 Å². The van der Waals surface area contributed by atoms with Crippen LogP contribution in [-0.4, -0.2) is 7.11 Å². The number of hydrogen-bond acceptors (Lipinski definition) is 2. The SMILES string of the molecule is COc1ccc(C(C)NCc2c(C)cccc2C)cc1. The third-order valence-electron chi connectivity index (χ3n) is 3.85. The summed E-state index contributed by atoms with van der Waals surface area (Å²) in [7, 11) is 1.69. The van der Waals surface area contributed by atoms with Crippen LogP contribution in [0.4, 0.5) is 0 Å². The van der Waals surface area contributed by atoms with E-state index in [4.69, 9.17) is 4.74 Å². The fourth-order valence-electron chi connectivity index (χ4n) is 2.39. The Morgan fingerprint density at radius 1 is 1.00 bits per heavy atom. The van der Waals surface area contributed by atoms with Crippen LogP contribution in [0.5, 0.6) is 5.75 Å². The Labute approximate surface area is 121 Å². The molecule has 0 fully saturated rings. The van der Waals surface area contributed by atoms with Gasteiger partial charge in [0.25, 0.3) is 0 Å². The molecule has 0 heterocycles. The van der Waals surface area contributed by atoms with Crippen LogP contribution in [0.2, 0.25) is 0 Å². The van der Waals surface area contributed by atoms with E-state index in [0.29, 0.717) is 6.04 Å². The maximum absolute atomic E-state index is 5.19. The molecule has 2 aromatic carbocycles. The number of ether oxygens (including phenoxy) is 1. The minimum Gasteiger partial charge on any atom is -0.497 e. The van der Waals surface area contributed by atoms with Crippen molar-refractivity contribution in [3.63, 3.8) is 0 Å². The lowest BCUT2D eigenvalue weighted by molar-refractivity contribution is 0.414. The molecule has 106 valence electrons. The molecule has 2 heteroatoms. The van der Waals surface area contributed by atoms with Gasteiger partial charge in [-0.25, -0.2) is 0 Å². The summed E-state index contributed by atoms with van der Waals surface area (Å²) in [6, 6.07) is 15.0. The maximum atomic E-state index is 5.19. The molecule has 0 aliphatic heterocycles. The van der Waals surface area contributed by atoms with Crippen LogP contribution < -0.4 is 10.1 Å². The van der Waals surface area contributed by atoms with E-state index in [0.717, 1.165) is 12.3 Å². The van der Waals surface area contributed by atoms with Crippen molar-refractivity contribution in [2.45, 2.75) is 33.4 Å². The molecule has 2 nitrogen and oxygen atoms in total. The lowest BCUT2D eigenvalue weighted by Gasteiger charge is -2.17. The van der Waals surface area contributed by atoms with E-state index in [1.807, 2.05) is 12.1 Å². The summed E-state index contributed by atoms with van der Waals surface area (Å²) in [5, 5.41) is 3.59. The first kappa shape index (κ1) is 14.6. The predicted molar refractivity (Wildman–Crippen MR) is 84.2 cm³/mol. The number of hydrogen-bond donors (Lipinski definition) is 1. The van der Waals surface area contributed by atoms with E-state index in [1.54, 1.807) is 7.11 Å². The molecule has 20 heavy (non-hydrogen) atoms. The van der Waals surface area contributed by atoms with Gasteiger partial charge in [0.15, 0.2) is 0 Å². The smallest absolute Gasteiger partial charge is 0.118 e. The summed E-state index contributed by atoms with van der Waals surface area (Å²) in [6.07, 6.45) is 0. The molecule has 0 amide bonds. The molecule has 0 aliphatic carbocycles. The van der Waals surface area contributed by atoms with Gasteiger partial charge >= 0.3 is 0 Å². The molecule has 2 rings (SSSR count). The Morgan fingerprint density at radius 3 is 2.15 bits per heavy atom. The zero-order valence-electron chi connectivity index (χ0n) is 12.7. The average Bonchev–Trinajstić information content (AvgIpc) is 2.46. The molecule has 2 aromatic rings. The zero-order valence-corrected chi connectivity index (χ0v) is 12.7. The van der Waals surface area contributed by atoms with Gasteiger partial charge in [-0.2, -0.15) is 0 Å². The first-order chi connectivity index (χ1) is 9.61. The average molecular weight is 269 g/mol. The Bertz CT molecular complexity index is 540. The van der Waals surface area contributed by atoms with Crippen LogP contribution in [0.25, 0.3) is 0 Å². The number of benzene rings is 2. The molecular formula is C18H23NO. The van der Waals surface area contributed by atoms with Crippen molar-refractivity contribution in [1.82, 2.24) is 5.32 Å². The highest BCUT2D eigenvalue weighted by molar-refractivity contribution is 5.34. The summed E-state index contributed by atoms with van der Waals surface area (Å²) in [5.41, 5.74) is 5.36. The van der Waals surface area contributed by atoms with Crippen molar-refractivity contribution in [3.05, 3.63) is 64.7 Å². The van der Waals surface area contributed by atoms with Gasteiger partial charge in [-0.3, -0.25) is 0 Å². The largest absolute Gasteiger partial charge is 0.497 e. The molecule has 1 atom stereocenters. The Morgan fingerprint density at radius 2 is 1.60 bits per heavy atom. The third-order valence-corrected chi connectivity index (χ3v) is 3.85. The van der Waals surface area contributed by atoms with Crippen molar-refractivity contribution in [1.29, 1.82) is 0 Å². The van der Waals surface area contributed by atoms with Gasteiger partial charge < -0.3 is 10.1 Å². The minimum atomic E-state index is 0.319. The molecule has 0 aliphatic rings. The summed E-state index contributed by atoms with van der Waals surface area (Å²) < 4.78 is 5.19. The van der Waals surface area contributed by atoms with Crippen molar-refractivity contribution in [2.24, 2.45) is 0 Å². The normalized spacial score (nSPS) is 12.2. The molecule has 0 spiro atoms. The standard InChI is InChI=1S/C18H23NO/c1-13-6-5-7-14(2)18(13)12-19-15(3)16-8-10-17(20-4)11-9-16/h5-11,15,19H,12H2,1-4H3. The predicted octanol–water partition coefficient (Wildman–Crippen LogP) is 4.16. The van der Waals surface area contributed by atoms with Gasteiger partial charge in [-0.05, 0) is 55.2 Å². The third kappa shape index (κ3) is 3.40. The number of aryl methyl sites for hydroxylation is 2. The number of methoxy groups -OCH3 is 1. The van der Waals surface area contributed by atoms with Crippen LogP contribution in [0, 0.1) is 13.8 Å². The van der Waals surface area contributed by atoms with Crippen molar-refractivity contribution >= 4 is 0 Å². The molecule has 0 radical (unpaired) electrons. The van der Waals surface area contributed by atoms with Crippen LogP contribution in [0.3, 0.4) is 0 Å².